The number of hydrogen-bond acceptors (Lipinski definition) is 6. The third-order valence-electron chi connectivity index (χ3n) is 7.52. The molecule has 190 valence electrons. The molecule has 0 saturated carbocycles. The van der Waals surface area contributed by atoms with Crippen molar-refractivity contribution in [1.29, 1.82) is 0 Å². The van der Waals surface area contributed by atoms with Crippen molar-refractivity contribution in [3.63, 3.8) is 0 Å². The lowest BCUT2D eigenvalue weighted by atomic mass is 9.96. The normalized spacial score (nSPS) is 18.2. The van der Waals surface area contributed by atoms with E-state index < -0.39 is 0 Å². The molecule has 1 N–H and O–H groups in total. The van der Waals surface area contributed by atoms with Crippen molar-refractivity contribution in [1.82, 2.24) is 25.3 Å². The first-order chi connectivity index (χ1) is 17.5. The Labute approximate surface area is 212 Å². The number of fused-ring (bicyclic) bond motifs is 1. The van der Waals surface area contributed by atoms with E-state index in [1.807, 2.05) is 35.9 Å². The highest BCUT2D eigenvalue weighted by atomic mass is 16.5. The number of rotatable bonds is 7. The fourth-order valence-electron chi connectivity index (χ4n) is 5.51. The monoisotopic (exact) mass is 488 g/mol. The molecule has 3 heterocycles. The number of anilines is 1. The Morgan fingerprint density at radius 1 is 1.14 bits per heavy atom. The van der Waals surface area contributed by atoms with Gasteiger partial charge in [0.2, 0.25) is 5.91 Å². The van der Waals surface area contributed by atoms with Crippen LogP contribution in [0.4, 0.5) is 5.82 Å². The molecule has 1 fully saturated rings. The topological polar surface area (TPSA) is 85.2 Å². The minimum absolute atomic E-state index is 0.0537. The van der Waals surface area contributed by atoms with Crippen LogP contribution in [0.3, 0.4) is 0 Å². The zero-order valence-corrected chi connectivity index (χ0v) is 21.6. The number of nitrogens with zero attached hydrogens (tertiary/aromatic N) is 5. The molecule has 0 unspecified atom stereocenters. The fourth-order valence-corrected chi connectivity index (χ4v) is 5.51. The fraction of sp³-hybridized carbons (Fsp3) is 0.500. The predicted octanol–water partition coefficient (Wildman–Crippen LogP) is 4.66. The Morgan fingerprint density at radius 3 is 2.72 bits per heavy atom. The molecule has 2 aromatic heterocycles. The first-order valence-electron chi connectivity index (χ1n) is 13.1. The van der Waals surface area contributed by atoms with Crippen LogP contribution in [0.25, 0.3) is 16.6 Å². The molecule has 8 heteroatoms. The molecular formula is C28H36N6O2. The van der Waals surface area contributed by atoms with E-state index in [4.69, 9.17) is 9.84 Å². The average Bonchev–Trinajstić information content (AvgIpc) is 3.27. The summed E-state index contributed by atoms with van der Waals surface area (Å²) < 4.78 is 7.25. The first-order valence-corrected chi connectivity index (χ1v) is 13.1. The van der Waals surface area contributed by atoms with E-state index in [0.717, 1.165) is 71.9 Å². The summed E-state index contributed by atoms with van der Waals surface area (Å²) in [6, 6.07) is 7.87. The van der Waals surface area contributed by atoms with Crippen LogP contribution >= 0.6 is 0 Å². The highest BCUT2D eigenvalue weighted by Gasteiger charge is 2.29. The van der Waals surface area contributed by atoms with Gasteiger partial charge in [-0.1, -0.05) is 11.6 Å². The molecule has 1 atom stereocenters. The van der Waals surface area contributed by atoms with Gasteiger partial charge in [-0.05, 0) is 83.1 Å². The minimum atomic E-state index is -0.0537. The van der Waals surface area contributed by atoms with E-state index in [1.165, 1.54) is 31.3 Å². The van der Waals surface area contributed by atoms with Crippen molar-refractivity contribution in [3.05, 3.63) is 47.3 Å². The molecular weight excluding hydrogens is 452 g/mol. The van der Waals surface area contributed by atoms with Gasteiger partial charge in [0.05, 0.1) is 35.5 Å². The third kappa shape index (κ3) is 4.94. The molecule has 5 rings (SSSR count). The maximum Gasteiger partial charge on any atom is 0.224 e. The zero-order chi connectivity index (χ0) is 25.1. The van der Waals surface area contributed by atoms with Gasteiger partial charge in [0.15, 0.2) is 5.82 Å². The van der Waals surface area contributed by atoms with Crippen LogP contribution < -0.4 is 15.0 Å². The van der Waals surface area contributed by atoms with Crippen LogP contribution in [0.5, 0.6) is 5.75 Å². The van der Waals surface area contributed by atoms with Crippen molar-refractivity contribution >= 4 is 22.6 Å². The van der Waals surface area contributed by atoms with Crippen molar-refractivity contribution in [2.45, 2.75) is 58.8 Å². The summed E-state index contributed by atoms with van der Waals surface area (Å²) in [4.78, 5) is 15.2. The first kappa shape index (κ1) is 24.3. The summed E-state index contributed by atoms with van der Waals surface area (Å²) in [7, 11) is 1.66. The third-order valence-corrected chi connectivity index (χ3v) is 7.52. The number of ether oxygens (including phenoxy) is 1. The highest BCUT2D eigenvalue weighted by Crippen LogP contribution is 2.32. The van der Waals surface area contributed by atoms with Gasteiger partial charge in [-0.25, -0.2) is 4.68 Å². The average molecular weight is 489 g/mol. The standard InChI is InChI=1S/C28H36N6O2/c1-19-25-20(2)34(23-11-13-24(36-3)14-12-23)32-26(25)27(31-30-19)33-17-7-10-22(18-33)28(35)29-16-15-21-8-5-4-6-9-21/h8,11-14,22H,4-7,9-10,15-18H2,1-3H3,(H,29,35)/t22-/m1/s1. The van der Waals surface area contributed by atoms with Crippen LogP contribution in [-0.2, 0) is 4.79 Å². The minimum Gasteiger partial charge on any atom is -0.497 e. The smallest absolute Gasteiger partial charge is 0.224 e. The lowest BCUT2D eigenvalue weighted by Crippen LogP contribution is -2.43. The lowest BCUT2D eigenvalue weighted by Gasteiger charge is -2.32. The summed E-state index contributed by atoms with van der Waals surface area (Å²) in [6.07, 6.45) is 10.1. The second-order valence-corrected chi connectivity index (χ2v) is 9.96. The zero-order valence-electron chi connectivity index (χ0n) is 21.6. The number of piperidine rings is 1. The molecule has 3 aromatic rings. The van der Waals surface area contributed by atoms with Gasteiger partial charge in [-0.2, -0.15) is 10.2 Å². The Morgan fingerprint density at radius 2 is 1.97 bits per heavy atom. The number of nitrogens with one attached hydrogen (secondary N) is 1. The SMILES string of the molecule is COc1ccc(-n2nc3c(N4CCC[C@@H](C(=O)NCCC5=CCCCC5)C4)nnc(C)c3c2C)cc1. The van der Waals surface area contributed by atoms with E-state index in [2.05, 4.69) is 33.4 Å². The summed E-state index contributed by atoms with van der Waals surface area (Å²) >= 11 is 0. The van der Waals surface area contributed by atoms with E-state index in [9.17, 15) is 4.79 Å². The summed E-state index contributed by atoms with van der Waals surface area (Å²) in [5.74, 6) is 1.66. The van der Waals surface area contributed by atoms with Crippen molar-refractivity contribution in [2.24, 2.45) is 5.92 Å². The molecule has 1 saturated heterocycles. The molecule has 1 aromatic carbocycles. The summed E-state index contributed by atoms with van der Waals surface area (Å²) in [6.45, 7) is 6.24. The number of allylic oxidation sites excluding steroid dienone is 1. The quantitative estimate of drug-likeness (QED) is 0.487. The maximum atomic E-state index is 13.0. The molecule has 0 spiro atoms. The molecule has 0 bridgehead atoms. The second kappa shape index (κ2) is 10.7. The van der Waals surface area contributed by atoms with Gasteiger partial charge in [-0.3, -0.25) is 4.79 Å². The number of carbonyl (C=O) groups is 1. The van der Waals surface area contributed by atoms with Crippen LogP contribution in [0.1, 0.15) is 56.3 Å². The van der Waals surface area contributed by atoms with E-state index >= 15 is 0 Å². The van der Waals surface area contributed by atoms with Crippen molar-refractivity contribution < 1.29 is 9.53 Å². The van der Waals surface area contributed by atoms with Crippen LogP contribution in [0, 0.1) is 19.8 Å². The number of benzene rings is 1. The second-order valence-electron chi connectivity index (χ2n) is 9.96. The Bertz CT molecular complexity index is 1260. The lowest BCUT2D eigenvalue weighted by molar-refractivity contribution is -0.125. The summed E-state index contributed by atoms with van der Waals surface area (Å²) in [5, 5.41) is 18.2. The molecule has 0 radical (unpaired) electrons. The van der Waals surface area contributed by atoms with Gasteiger partial charge in [-0.15, -0.1) is 5.10 Å². The number of hydrogen-bond donors (Lipinski definition) is 1. The molecule has 2 aliphatic rings. The van der Waals surface area contributed by atoms with E-state index in [0.29, 0.717) is 6.54 Å². The van der Waals surface area contributed by atoms with Crippen molar-refractivity contribution in [2.75, 3.05) is 31.6 Å². The van der Waals surface area contributed by atoms with Gasteiger partial charge < -0.3 is 15.0 Å². The number of methoxy groups -OCH3 is 1. The Balaban J connectivity index is 1.34. The number of aromatic nitrogens is 4. The molecule has 1 aliphatic carbocycles. The van der Waals surface area contributed by atoms with E-state index in [1.54, 1.807) is 7.11 Å². The Hall–Kier alpha value is -3.42. The van der Waals surface area contributed by atoms with Gasteiger partial charge >= 0.3 is 0 Å². The maximum absolute atomic E-state index is 13.0. The van der Waals surface area contributed by atoms with Crippen molar-refractivity contribution in [3.8, 4) is 11.4 Å². The van der Waals surface area contributed by atoms with E-state index in [-0.39, 0.29) is 11.8 Å². The van der Waals surface area contributed by atoms with Gasteiger partial charge in [0.25, 0.3) is 0 Å². The van der Waals surface area contributed by atoms with Crippen LogP contribution in [0.2, 0.25) is 0 Å². The number of amides is 1. The largest absolute Gasteiger partial charge is 0.497 e. The Kier molecular flexibility index (Phi) is 7.20. The molecule has 1 aliphatic heterocycles. The van der Waals surface area contributed by atoms with Gasteiger partial charge in [0.1, 0.15) is 11.3 Å². The van der Waals surface area contributed by atoms with Crippen LogP contribution in [0.15, 0.2) is 35.9 Å². The summed E-state index contributed by atoms with van der Waals surface area (Å²) in [5.41, 5.74) is 5.16. The number of carbonyl (C=O) groups excluding carboxylic acids is 1. The molecule has 8 nitrogen and oxygen atoms in total. The molecule has 1 amide bonds. The highest BCUT2D eigenvalue weighted by molar-refractivity contribution is 5.92. The number of aryl methyl sites for hydroxylation is 2. The van der Waals surface area contributed by atoms with Gasteiger partial charge in [0, 0.05) is 19.6 Å². The molecule has 36 heavy (non-hydrogen) atoms. The van der Waals surface area contributed by atoms with Crippen LogP contribution in [-0.4, -0.2) is 52.6 Å². The predicted molar refractivity (Wildman–Crippen MR) is 142 cm³/mol.